The van der Waals surface area contributed by atoms with Crippen molar-refractivity contribution in [2.24, 2.45) is 0 Å². The maximum atomic E-state index is 6.40. The van der Waals surface area contributed by atoms with E-state index in [1.54, 1.807) is 0 Å². The molecule has 0 radical (unpaired) electrons. The minimum Gasteiger partial charge on any atom is -0.399 e. The van der Waals surface area contributed by atoms with Crippen LogP contribution in [-0.4, -0.2) is 27.9 Å². The van der Waals surface area contributed by atoms with E-state index in [1.807, 2.05) is 6.33 Å². The first-order chi connectivity index (χ1) is 17.8. The van der Waals surface area contributed by atoms with E-state index in [2.05, 4.69) is 141 Å². The Morgan fingerprint density at radius 2 is 1.11 bits per heavy atom. The quantitative estimate of drug-likeness (QED) is 0.220. The molecule has 0 spiro atoms. The summed E-state index contributed by atoms with van der Waals surface area (Å²) in [5.74, 6) is 0. The van der Waals surface area contributed by atoms with Crippen molar-refractivity contribution in [2.75, 3.05) is 0 Å². The maximum absolute atomic E-state index is 6.40. The van der Waals surface area contributed by atoms with Crippen LogP contribution in [0.2, 0.25) is 0 Å². The highest BCUT2D eigenvalue weighted by Crippen LogP contribution is 2.42. The van der Waals surface area contributed by atoms with E-state index < -0.39 is 23.9 Å². The van der Waals surface area contributed by atoms with E-state index in [0.29, 0.717) is 0 Å². The average molecular weight is 486 g/mol. The van der Waals surface area contributed by atoms with E-state index in [1.165, 1.54) is 0 Å². The number of rotatable bonds is 5. The molecule has 5 heteroatoms. The third-order valence-corrected chi connectivity index (χ3v) is 8.03. The Morgan fingerprint density at radius 1 is 0.649 bits per heavy atom. The zero-order chi connectivity index (χ0) is 25.7. The molecule has 37 heavy (non-hydrogen) atoms. The summed E-state index contributed by atoms with van der Waals surface area (Å²) in [4.78, 5) is 4.87. The molecule has 0 atom stereocenters. The van der Waals surface area contributed by atoms with Gasteiger partial charge in [-0.2, -0.15) is 0 Å². The lowest BCUT2D eigenvalue weighted by molar-refractivity contribution is 0.00578. The molecule has 0 aliphatic carbocycles. The van der Waals surface area contributed by atoms with Gasteiger partial charge < -0.3 is 13.9 Å². The molecule has 4 nitrogen and oxygen atoms in total. The van der Waals surface area contributed by atoms with Crippen molar-refractivity contribution in [3.8, 4) is 0 Å². The summed E-state index contributed by atoms with van der Waals surface area (Å²) in [7, 11) is -0.447. The molecule has 0 N–H and O–H groups in total. The second kappa shape index (κ2) is 8.72. The van der Waals surface area contributed by atoms with Crippen molar-refractivity contribution >= 4 is 23.6 Å². The smallest absolute Gasteiger partial charge is 0.399 e. The first-order valence-electron chi connectivity index (χ1n) is 12.8. The average Bonchev–Trinajstić information content (AvgIpc) is 3.43. The van der Waals surface area contributed by atoms with Gasteiger partial charge in [0.25, 0.3) is 0 Å². The van der Waals surface area contributed by atoms with Gasteiger partial charge in [0.05, 0.1) is 28.6 Å². The SMILES string of the molecule is CC1(C)OB(c2ccc3ncn(C(c4ccccc4)(c4ccccc4)c4ccccc4)c3c2)OC1(C)C. The van der Waals surface area contributed by atoms with Gasteiger partial charge in [0.15, 0.2) is 0 Å². The first-order valence-corrected chi connectivity index (χ1v) is 12.8. The predicted octanol–water partition coefficient (Wildman–Crippen LogP) is 6.18. The van der Waals surface area contributed by atoms with Crippen molar-refractivity contribution < 1.29 is 9.31 Å². The number of fused-ring (bicyclic) bond motifs is 1. The standard InChI is InChI=1S/C32H31BN2O2/c1-30(2)31(3,4)37-33(36-30)27-20-21-28-29(22-27)35(23-34-28)32(24-14-8-5-9-15-24,25-16-10-6-11-17-25)26-18-12-7-13-19-26/h5-23H,1-4H3. The Kier molecular flexibility index (Phi) is 5.59. The third kappa shape index (κ3) is 3.73. The minimum atomic E-state index is -0.632. The molecular weight excluding hydrogens is 455 g/mol. The third-order valence-electron chi connectivity index (χ3n) is 8.03. The number of nitrogens with zero attached hydrogens (tertiary/aromatic N) is 2. The molecule has 1 aliphatic rings. The molecule has 4 aromatic carbocycles. The van der Waals surface area contributed by atoms with E-state index in [9.17, 15) is 0 Å². The molecule has 1 fully saturated rings. The molecule has 0 amide bonds. The summed E-state index contributed by atoms with van der Waals surface area (Å²) in [6, 6.07) is 38.3. The Bertz CT molecular complexity index is 1420. The minimum absolute atomic E-state index is 0.408. The van der Waals surface area contributed by atoms with Crippen LogP contribution in [0.4, 0.5) is 0 Å². The summed E-state index contributed by atoms with van der Waals surface area (Å²) in [6.45, 7) is 8.34. The lowest BCUT2D eigenvalue weighted by Crippen LogP contribution is -2.41. The molecule has 5 aromatic rings. The molecule has 1 aromatic heterocycles. The largest absolute Gasteiger partial charge is 0.494 e. The lowest BCUT2D eigenvalue weighted by Gasteiger charge is -2.38. The van der Waals surface area contributed by atoms with Gasteiger partial charge in [0.2, 0.25) is 0 Å². The fraction of sp³-hybridized carbons (Fsp3) is 0.219. The summed E-state index contributed by atoms with van der Waals surface area (Å²) in [5.41, 5.74) is 4.96. The topological polar surface area (TPSA) is 36.3 Å². The van der Waals surface area contributed by atoms with Gasteiger partial charge in [0, 0.05) is 0 Å². The van der Waals surface area contributed by atoms with Gasteiger partial charge >= 0.3 is 7.12 Å². The summed E-state index contributed by atoms with van der Waals surface area (Å²) in [6.07, 6.45) is 1.96. The van der Waals surface area contributed by atoms with Gasteiger partial charge in [-0.15, -0.1) is 0 Å². The van der Waals surface area contributed by atoms with Crippen LogP contribution in [-0.2, 0) is 14.8 Å². The predicted molar refractivity (Wildman–Crippen MR) is 150 cm³/mol. The van der Waals surface area contributed by atoms with Crippen LogP contribution >= 0.6 is 0 Å². The van der Waals surface area contributed by atoms with Crippen LogP contribution in [0.5, 0.6) is 0 Å². The van der Waals surface area contributed by atoms with Crippen molar-refractivity contribution in [3.63, 3.8) is 0 Å². The van der Waals surface area contributed by atoms with Gasteiger partial charge in [0.1, 0.15) is 5.54 Å². The van der Waals surface area contributed by atoms with Crippen LogP contribution in [0.25, 0.3) is 11.0 Å². The van der Waals surface area contributed by atoms with Crippen LogP contribution < -0.4 is 5.46 Å². The zero-order valence-corrected chi connectivity index (χ0v) is 21.8. The molecule has 0 saturated carbocycles. The Balaban J connectivity index is 1.63. The fourth-order valence-corrected chi connectivity index (χ4v) is 5.37. The van der Waals surface area contributed by atoms with Gasteiger partial charge in [-0.05, 0) is 62.0 Å². The monoisotopic (exact) mass is 486 g/mol. The van der Waals surface area contributed by atoms with Crippen LogP contribution in [0.3, 0.4) is 0 Å². The van der Waals surface area contributed by atoms with E-state index in [-0.39, 0.29) is 0 Å². The van der Waals surface area contributed by atoms with E-state index in [0.717, 1.165) is 33.2 Å². The number of hydrogen-bond donors (Lipinski definition) is 0. The molecular formula is C32H31BN2O2. The maximum Gasteiger partial charge on any atom is 0.494 e. The molecule has 0 bridgehead atoms. The fourth-order valence-electron chi connectivity index (χ4n) is 5.37. The van der Waals surface area contributed by atoms with Crippen LogP contribution in [0, 0.1) is 0 Å². The zero-order valence-electron chi connectivity index (χ0n) is 21.8. The second-order valence-corrected chi connectivity index (χ2v) is 10.8. The highest BCUT2D eigenvalue weighted by atomic mass is 16.7. The highest BCUT2D eigenvalue weighted by molar-refractivity contribution is 6.62. The van der Waals surface area contributed by atoms with Crippen LogP contribution in [0.15, 0.2) is 116 Å². The number of benzene rings is 4. The van der Waals surface area contributed by atoms with Crippen molar-refractivity contribution in [1.82, 2.24) is 9.55 Å². The number of imidazole rings is 1. The van der Waals surface area contributed by atoms with Crippen molar-refractivity contribution in [3.05, 3.63) is 132 Å². The Morgan fingerprint density at radius 3 is 1.57 bits per heavy atom. The van der Waals surface area contributed by atoms with Gasteiger partial charge in [-0.3, -0.25) is 0 Å². The molecule has 2 heterocycles. The van der Waals surface area contributed by atoms with Gasteiger partial charge in [-0.1, -0.05) is 97.1 Å². The molecule has 184 valence electrons. The summed E-state index contributed by atoms with van der Waals surface area (Å²) >= 11 is 0. The molecule has 1 aliphatic heterocycles. The van der Waals surface area contributed by atoms with Crippen molar-refractivity contribution in [2.45, 2.75) is 44.4 Å². The van der Waals surface area contributed by atoms with Gasteiger partial charge in [-0.25, -0.2) is 4.98 Å². The Labute approximate surface area is 219 Å². The van der Waals surface area contributed by atoms with Crippen molar-refractivity contribution in [1.29, 1.82) is 0 Å². The molecule has 1 saturated heterocycles. The number of aromatic nitrogens is 2. The lowest BCUT2D eigenvalue weighted by atomic mass is 9.76. The second-order valence-electron chi connectivity index (χ2n) is 10.8. The first kappa shape index (κ1) is 23.7. The molecule has 0 unspecified atom stereocenters. The normalized spacial score (nSPS) is 16.8. The summed E-state index contributed by atoms with van der Waals surface area (Å²) in [5, 5.41) is 0. The van der Waals surface area contributed by atoms with E-state index in [4.69, 9.17) is 14.3 Å². The van der Waals surface area contributed by atoms with Crippen LogP contribution in [0.1, 0.15) is 44.4 Å². The highest BCUT2D eigenvalue weighted by Gasteiger charge is 2.52. The molecule has 6 rings (SSSR count). The summed E-state index contributed by atoms with van der Waals surface area (Å²) < 4.78 is 15.1. The number of hydrogen-bond acceptors (Lipinski definition) is 3. The Hall–Kier alpha value is -3.67. The van der Waals surface area contributed by atoms with E-state index >= 15 is 0 Å².